The lowest BCUT2D eigenvalue weighted by molar-refractivity contribution is -0.0639. The Balaban J connectivity index is 1.74. The molecule has 0 atom stereocenters. The predicted octanol–water partition coefficient (Wildman–Crippen LogP) is 6.75. The van der Waals surface area contributed by atoms with Crippen molar-refractivity contribution in [1.82, 2.24) is 0 Å². The monoisotopic (exact) mass is 308 g/mol. The third-order valence-electron chi connectivity index (χ3n) is 6.87. The van der Waals surface area contributed by atoms with Gasteiger partial charge in [0.2, 0.25) is 0 Å². The lowest BCUT2D eigenvalue weighted by Crippen LogP contribution is -2.38. The molecule has 0 aromatic rings. The van der Waals surface area contributed by atoms with Gasteiger partial charge in [-0.3, -0.25) is 0 Å². The van der Waals surface area contributed by atoms with Crippen molar-refractivity contribution in [3.05, 3.63) is 0 Å². The molecular formula is C21H40O. The van der Waals surface area contributed by atoms with Gasteiger partial charge in [-0.2, -0.15) is 0 Å². The first kappa shape index (κ1) is 18.3. The maximum atomic E-state index is 6.01. The molecule has 0 saturated heterocycles. The molecule has 0 N–H and O–H groups in total. The summed E-state index contributed by atoms with van der Waals surface area (Å²) in [5.41, 5.74) is 0.241. The maximum Gasteiger partial charge on any atom is 0.0679 e. The summed E-state index contributed by atoms with van der Waals surface area (Å²) in [6, 6.07) is 0. The quantitative estimate of drug-likeness (QED) is 0.451. The highest BCUT2D eigenvalue weighted by Gasteiger charge is 2.38. The smallest absolute Gasteiger partial charge is 0.0679 e. The number of ether oxygens (including phenoxy) is 1. The van der Waals surface area contributed by atoms with Crippen LogP contribution in [-0.2, 0) is 4.74 Å². The first-order valence-corrected chi connectivity index (χ1v) is 10.3. The fraction of sp³-hybridized carbons (Fsp3) is 1.00. The molecule has 0 radical (unpaired) electrons. The molecule has 0 aromatic heterocycles. The second-order valence-electron chi connectivity index (χ2n) is 8.25. The Kier molecular flexibility index (Phi) is 7.74. The molecule has 0 unspecified atom stereocenters. The molecule has 2 rings (SSSR count). The average Bonchev–Trinajstić information content (AvgIpc) is 2.57. The first-order chi connectivity index (χ1) is 10.7. The van der Waals surface area contributed by atoms with Gasteiger partial charge in [0.15, 0.2) is 0 Å². The molecule has 0 aliphatic heterocycles. The van der Waals surface area contributed by atoms with E-state index in [4.69, 9.17) is 4.74 Å². The van der Waals surface area contributed by atoms with Gasteiger partial charge in [-0.05, 0) is 62.7 Å². The van der Waals surface area contributed by atoms with Crippen LogP contribution in [0.5, 0.6) is 0 Å². The van der Waals surface area contributed by atoms with Gasteiger partial charge in [-0.1, -0.05) is 58.8 Å². The van der Waals surface area contributed by atoms with Crippen molar-refractivity contribution in [2.24, 2.45) is 17.8 Å². The SMILES string of the molecule is CCCCCC1(OC)CCC(C2CCC(CCC)CC2)CC1. The molecule has 22 heavy (non-hydrogen) atoms. The van der Waals surface area contributed by atoms with Crippen LogP contribution in [0, 0.1) is 17.8 Å². The summed E-state index contributed by atoms with van der Waals surface area (Å²) >= 11 is 0. The van der Waals surface area contributed by atoms with E-state index in [1.165, 1.54) is 89.9 Å². The Morgan fingerprint density at radius 3 is 2.00 bits per heavy atom. The van der Waals surface area contributed by atoms with Gasteiger partial charge in [-0.25, -0.2) is 0 Å². The van der Waals surface area contributed by atoms with E-state index in [1.807, 2.05) is 7.11 Å². The van der Waals surface area contributed by atoms with Crippen molar-refractivity contribution < 1.29 is 4.74 Å². The summed E-state index contributed by atoms with van der Waals surface area (Å²) in [6.07, 6.45) is 19.8. The summed E-state index contributed by atoms with van der Waals surface area (Å²) in [5.74, 6) is 3.10. The zero-order valence-corrected chi connectivity index (χ0v) is 15.5. The zero-order chi connectivity index (χ0) is 15.8. The largest absolute Gasteiger partial charge is 0.378 e. The minimum absolute atomic E-state index is 0.241. The zero-order valence-electron chi connectivity index (χ0n) is 15.5. The van der Waals surface area contributed by atoms with Crippen molar-refractivity contribution in [2.75, 3.05) is 7.11 Å². The molecule has 2 saturated carbocycles. The minimum Gasteiger partial charge on any atom is -0.378 e. The Hall–Kier alpha value is -0.0400. The molecule has 1 heteroatoms. The number of unbranched alkanes of at least 4 members (excludes halogenated alkanes) is 2. The highest BCUT2D eigenvalue weighted by molar-refractivity contribution is 4.90. The van der Waals surface area contributed by atoms with Crippen LogP contribution in [-0.4, -0.2) is 12.7 Å². The van der Waals surface area contributed by atoms with Gasteiger partial charge >= 0.3 is 0 Å². The molecule has 0 heterocycles. The number of hydrogen-bond donors (Lipinski definition) is 0. The lowest BCUT2D eigenvalue weighted by atomic mass is 9.67. The Bertz CT molecular complexity index is 282. The van der Waals surface area contributed by atoms with Crippen molar-refractivity contribution in [3.63, 3.8) is 0 Å². The van der Waals surface area contributed by atoms with Crippen molar-refractivity contribution in [2.45, 2.75) is 109 Å². The van der Waals surface area contributed by atoms with Crippen LogP contribution in [0.1, 0.15) is 104 Å². The highest BCUT2D eigenvalue weighted by Crippen LogP contribution is 2.45. The van der Waals surface area contributed by atoms with Crippen LogP contribution >= 0.6 is 0 Å². The molecule has 2 aliphatic carbocycles. The molecule has 0 amide bonds. The van der Waals surface area contributed by atoms with E-state index < -0.39 is 0 Å². The third kappa shape index (κ3) is 4.98. The highest BCUT2D eigenvalue weighted by atomic mass is 16.5. The molecular weight excluding hydrogens is 268 g/mol. The van der Waals surface area contributed by atoms with Gasteiger partial charge < -0.3 is 4.74 Å². The Labute approximate surface area is 139 Å². The summed E-state index contributed by atoms with van der Waals surface area (Å²) < 4.78 is 6.01. The fourth-order valence-electron chi connectivity index (χ4n) is 5.25. The second-order valence-corrected chi connectivity index (χ2v) is 8.25. The predicted molar refractivity (Wildman–Crippen MR) is 96.2 cm³/mol. The number of methoxy groups -OCH3 is 1. The average molecular weight is 309 g/mol. The van der Waals surface area contributed by atoms with E-state index in [0.29, 0.717) is 0 Å². The summed E-state index contributed by atoms with van der Waals surface area (Å²) in [4.78, 5) is 0. The molecule has 2 fully saturated rings. The molecule has 0 aromatic carbocycles. The van der Waals surface area contributed by atoms with Crippen molar-refractivity contribution in [1.29, 1.82) is 0 Å². The van der Waals surface area contributed by atoms with E-state index in [9.17, 15) is 0 Å². The normalized spacial score (nSPS) is 36.4. The van der Waals surface area contributed by atoms with E-state index in [2.05, 4.69) is 13.8 Å². The van der Waals surface area contributed by atoms with Crippen LogP contribution in [0.4, 0.5) is 0 Å². The van der Waals surface area contributed by atoms with Crippen molar-refractivity contribution in [3.8, 4) is 0 Å². The molecule has 0 bridgehead atoms. The second kappa shape index (κ2) is 9.30. The first-order valence-electron chi connectivity index (χ1n) is 10.3. The topological polar surface area (TPSA) is 9.23 Å². The van der Waals surface area contributed by atoms with Crippen LogP contribution in [0.25, 0.3) is 0 Å². The number of rotatable bonds is 8. The third-order valence-corrected chi connectivity index (χ3v) is 6.87. The minimum atomic E-state index is 0.241. The van der Waals surface area contributed by atoms with E-state index >= 15 is 0 Å². The van der Waals surface area contributed by atoms with E-state index in [1.54, 1.807) is 0 Å². The summed E-state index contributed by atoms with van der Waals surface area (Å²) in [6.45, 7) is 4.64. The van der Waals surface area contributed by atoms with Crippen LogP contribution in [0.3, 0.4) is 0 Å². The van der Waals surface area contributed by atoms with Crippen LogP contribution in [0.15, 0.2) is 0 Å². The Morgan fingerprint density at radius 1 is 0.818 bits per heavy atom. The van der Waals surface area contributed by atoms with Crippen molar-refractivity contribution >= 4 is 0 Å². The Morgan fingerprint density at radius 2 is 1.45 bits per heavy atom. The number of hydrogen-bond acceptors (Lipinski definition) is 1. The molecule has 2 aliphatic rings. The van der Waals surface area contributed by atoms with Gasteiger partial charge in [0.25, 0.3) is 0 Å². The van der Waals surface area contributed by atoms with Gasteiger partial charge in [-0.15, -0.1) is 0 Å². The molecule has 1 nitrogen and oxygen atoms in total. The van der Waals surface area contributed by atoms with Crippen LogP contribution in [0.2, 0.25) is 0 Å². The van der Waals surface area contributed by atoms with Crippen LogP contribution < -0.4 is 0 Å². The summed E-state index contributed by atoms with van der Waals surface area (Å²) in [5, 5.41) is 0. The van der Waals surface area contributed by atoms with Gasteiger partial charge in [0.05, 0.1) is 5.60 Å². The fourth-order valence-corrected chi connectivity index (χ4v) is 5.25. The lowest BCUT2D eigenvalue weighted by Gasteiger charge is -2.43. The van der Waals surface area contributed by atoms with E-state index in [0.717, 1.165) is 17.8 Å². The van der Waals surface area contributed by atoms with Gasteiger partial charge in [0, 0.05) is 7.11 Å². The van der Waals surface area contributed by atoms with E-state index in [-0.39, 0.29) is 5.60 Å². The van der Waals surface area contributed by atoms with Gasteiger partial charge in [0.1, 0.15) is 0 Å². The summed E-state index contributed by atoms with van der Waals surface area (Å²) in [7, 11) is 1.96. The molecule has 130 valence electrons. The molecule has 0 spiro atoms. The standard InChI is InChI=1S/C21H40O/c1-4-6-7-15-21(22-3)16-13-20(14-17-21)19-11-9-18(8-5-2)10-12-19/h18-20H,4-17H2,1-3H3. The maximum absolute atomic E-state index is 6.01.